The van der Waals surface area contributed by atoms with Crippen molar-refractivity contribution in [2.45, 2.75) is 130 Å². The SMILES string of the molecule is CCCCC[C@H](CC(=O)[C@@H](C)NC(=O)[C@@H](COCc1ccccc1)CC(=O)c1ccc(-c2ccc(CCCC)cc2)cc1)C(=O)N(C)[C@@H]1C(=O)C[C@@H](C)C(=O)N[C@H](C(=O)OC)Cc2ccc(C)c(c2)-c2cc1ccc2OC. The number of fused-ring (bicyclic) bond motifs is 5. The third kappa shape index (κ3) is 16.1. The first-order valence-corrected chi connectivity index (χ1v) is 27.2. The molecule has 13 heteroatoms. The number of ether oxygens (including phenoxy) is 3. The Hall–Kier alpha value is -7.25. The fourth-order valence-corrected chi connectivity index (χ4v) is 9.97. The molecule has 0 saturated heterocycles. The third-order valence-electron chi connectivity index (χ3n) is 14.7. The standard InChI is InChI=1S/C64H77N3O10/c1-9-11-14-20-51(63(73)67(6)60-50-31-32-59(75-7)54(36-50)53-34-46(22-21-41(53)3)35-55(64(74)76-8)66-61(71)42(4)33-58(60)70)37-56(68)43(5)65-62(72)52(40-77-39-45-18-15-13-16-19-45)38-57(69)49-29-27-48(28-30-49)47-25-23-44(24-26-47)17-12-10-2/h13,15-16,18-19,21-32,34,36,42-43,51-52,55,60H,9-12,14,17,20,33,35,37-40H2,1-8H3,(H,65,72)(H,66,71)/t42-,43-,51-,52-,55+,60+/m1/s1. The number of unbranched alkanes of at least 4 members (excludes halogenated alkanes) is 3. The molecule has 5 aromatic carbocycles. The molecule has 6 rings (SSSR count). The Morgan fingerprint density at radius 2 is 1.44 bits per heavy atom. The van der Waals surface area contributed by atoms with Crippen LogP contribution in [0.25, 0.3) is 22.3 Å². The number of rotatable bonds is 24. The van der Waals surface area contributed by atoms with Crippen LogP contribution in [0.3, 0.4) is 0 Å². The largest absolute Gasteiger partial charge is 0.496 e. The van der Waals surface area contributed by atoms with Crippen LogP contribution in [-0.2, 0) is 57.7 Å². The van der Waals surface area contributed by atoms with Gasteiger partial charge in [-0.05, 0) is 89.8 Å². The van der Waals surface area contributed by atoms with Gasteiger partial charge in [0.1, 0.15) is 17.8 Å². The van der Waals surface area contributed by atoms with Gasteiger partial charge in [-0.2, -0.15) is 0 Å². The van der Waals surface area contributed by atoms with E-state index < -0.39 is 71.1 Å². The zero-order valence-electron chi connectivity index (χ0n) is 46.2. The number of hydrogen-bond donors (Lipinski definition) is 2. The van der Waals surface area contributed by atoms with Crippen molar-refractivity contribution in [3.05, 3.63) is 149 Å². The van der Waals surface area contributed by atoms with Crippen molar-refractivity contribution in [2.75, 3.05) is 27.9 Å². The Morgan fingerprint density at radius 1 is 0.753 bits per heavy atom. The van der Waals surface area contributed by atoms with Crippen molar-refractivity contribution >= 4 is 41.0 Å². The number of esters is 1. The van der Waals surface area contributed by atoms with E-state index >= 15 is 4.79 Å². The molecule has 6 atom stereocenters. The first-order chi connectivity index (χ1) is 37.0. The van der Waals surface area contributed by atoms with Gasteiger partial charge in [0.25, 0.3) is 0 Å². The second-order valence-corrected chi connectivity index (χ2v) is 20.6. The van der Waals surface area contributed by atoms with E-state index in [0.717, 1.165) is 65.5 Å². The summed E-state index contributed by atoms with van der Waals surface area (Å²) in [5.74, 6) is -5.39. The Labute approximate surface area is 454 Å². The average molecular weight is 1050 g/mol. The lowest BCUT2D eigenvalue weighted by Crippen LogP contribution is -2.46. The Morgan fingerprint density at radius 3 is 2.10 bits per heavy atom. The van der Waals surface area contributed by atoms with E-state index in [0.29, 0.717) is 35.3 Å². The van der Waals surface area contributed by atoms with Crippen LogP contribution in [0, 0.1) is 24.7 Å². The lowest BCUT2D eigenvalue weighted by Gasteiger charge is -2.32. The van der Waals surface area contributed by atoms with Gasteiger partial charge in [-0.1, -0.05) is 150 Å². The molecule has 5 aromatic rings. The molecule has 2 N–H and O–H groups in total. The number of aryl methyl sites for hydroxylation is 2. The molecule has 0 radical (unpaired) electrons. The molecule has 0 saturated carbocycles. The van der Waals surface area contributed by atoms with Gasteiger partial charge in [0.15, 0.2) is 17.3 Å². The van der Waals surface area contributed by atoms with Crippen LogP contribution < -0.4 is 15.4 Å². The highest BCUT2D eigenvalue weighted by atomic mass is 16.5. The van der Waals surface area contributed by atoms with Crippen molar-refractivity contribution in [1.29, 1.82) is 0 Å². The quantitative estimate of drug-likeness (QED) is 0.0344. The third-order valence-corrected chi connectivity index (χ3v) is 14.7. The van der Waals surface area contributed by atoms with Gasteiger partial charge in [-0.25, -0.2) is 4.79 Å². The van der Waals surface area contributed by atoms with E-state index in [2.05, 4.69) is 41.8 Å². The predicted molar refractivity (Wildman–Crippen MR) is 299 cm³/mol. The van der Waals surface area contributed by atoms with Gasteiger partial charge in [0, 0.05) is 55.7 Å². The minimum absolute atomic E-state index is 0.0849. The van der Waals surface area contributed by atoms with Crippen LogP contribution in [-0.4, -0.2) is 85.9 Å². The second-order valence-electron chi connectivity index (χ2n) is 20.6. The summed E-state index contributed by atoms with van der Waals surface area (Å²) in [6.07, 6.45) is 5.37. The number of amides is 3. The molecule has 1 heterocycles. The Bertz CT molecular complexity index is 2830. The number of carbonyl (C=O) groups is 7. The van der Waals surface area contributed by atoms with E-state index in [1.165, 1.54) is 17.6 Å². The van der Waals surface area contributed by atoms with Gasteiger partial charge in [0.05, 0.1) is 39.4 Å². The number of nitrogens with one attached hydrogen (secondary N) is 2. The lowest BCUT2D eigenvalue weighted by atomic mass is 9.87. The summed E-state index contributed by atoms with van der Waals surface area (Å²) >= 11 is 0. The minimum Gasteiger partial charge on any atom is -0.496 e. The average Bonchev–Trinajstić information content (AvgIpc) is 3.44. The monoisotopic (exact) mass is 1050 g/mol. The summed E-state index contributed by atoms with van der Waals surface area (Å²) in [6.45, 7) is 9.44. The summed E-state index contributed by atoms with van der Waals surface area (Å²) in [4.78, 5) is 100. The lowest BCUT2D eigenvalue weighted by molar-refractivity contribution is -0.146. The van der Waals surface area contributed by atoms with Crippen LogP contribution in [0.2, 0.25) is 0 Å². The number of nitrogens with zero attached hydrogens (tertiary/aromatic N) is 1. The van der Waals surface area contributed by atoms with E-state index in [1.807, 2.05) is 80.6 Å². The van der Waals surface area contributed by atoms with Gasteiger partial charge >= 0.3 is 5.97 Å². The highest BCUT2D eigenvalue weighted by Crippen LogP contribution is 2.38. The number of Topliss-reactive ketones (excluding diaryl/α,β-unsaturated/α-hetero) is 3. The molecule has 0 fully saturated rings. The minimum atomic E-state index is -1.18. The number of methoxy groups -OCH3 is 2. The molecule has 0 spiro atoms. The fourth-order valence-electron chi connectivity index (χ4n) is 9.97. The van der Waals surface area contributed by atoms with Crippen LogP contribution in [0.5, 0.6) is 5.75 Å². The second kappa shape index (κ2) is 28.8. The molecule has 77 heavy (non-hydrogen) atoms. The zero-order chi connectivity index (χ0) is 55.6. The summed E-state index contributed by atoms with van der Waals surface area (Å²) in [7, 11) is 4.34. The molecule has 408 valence electrons. The summed E-state index contributed by atoms with van der Waals surface area (Å²) in [5, 5.41) is 5.65. The highest BCUT2D eigenvalue weighted by Gasteiger charge is 2.37. The van der Waals surface area contributed by atoms with E-state index in [-0.39, 0.29) is 44.7 Å². The maximum absolute atomic E-state index is 15.0. The molecule has 4 bridgehead atoms. The molecule has 3 amide bonds. The Balaban J connectivity index is 1.23. The topological polar surface area (TPSA) is 174 Å². The van der Waals surface area contributed by atoms with Gasteiger partial charge < -0.3 is 29.7 Å². The summed E-state index contributed by atoms with van der Waals surface area (Å²) < 4.78 is 17.0. The first-order valence-electron chi connectivity index (χ1n) is 27.2. The van der Waals surface area contributed by atoms with Crippen molar-refractivity contribution in [3.63, 3.8) is 0 Å². The number of ketones is 3. The van der Waals surface area contributed by atoms with E-state index in [1.54, 1.807) is 52.3 Å². The number of hydrogen-bond acceptors (Lipinski definition) is 10. The molecular weight excluding hydrogens is 971 g/mol. The van der Waals surface area contributed by atoms with Gasteiger partial charge in [-0.15, -0.1) is 0 Å². The molecule has 0 aromatic heterocycles. The number of carbonyl (C=O) groups excluding carboxylic acids is 7. The summed E-state index contributed by atoms with van der Waals surface area (Å²) in [6, 6.07) is 33.1. The van der Waals surface area contributed by atoms with Crippen molar-refractivity contribution in [1.82, 2.24) is 15.5 Å². The van der Waals surface area contributed by atoms with E-state index in [4.69, 9.17) is 14.2 Å². The molecule has 13 nitrogen and oxygen atoms in total. The highest BCUT2D eigenvalue weighted by molar-refractivity contribution is 6.00. The normalized spacial score (nSPS) is 16.7. The maximum atomic E-state index is 15.0. The zero-order valence-corrected chi connectivity index (χ0v) is 46.2. The molecular formula is C64H77N3O10. The maximum Gasteiger partial charge on any atom is 0.328 e. The van der Waals surface area contributed by atoms with Crippen molar-refractivity contribution in [2.24, 2.45) is 17.8 Å². The number of likely N-dealkylation sites (N-methyl/N-ethyl adjacent to an activating group) is 1. The van der Waals surface area contributed by atoms with Crippen LogP contribution in [0.4, 0.5) is 0 Å². The van der Waals surface area contributed by atoms with Gasteiger partial charge in [0.2, 0.25) is 17.7 Å². The first kappa shape index (κ1) is 59.0. The molecule has 1 aliphatic rings. The molecule has 0 aliphatic carbocycles. The van der Waals surface area contributed by atoms with Gasteiger partial charge in [-0.3, -0.25) is 28.8 Å². The van der Waals surface area contributed by atoms with E-state index in [9.17, 15) is 28.8 Å². The van der Waals surface area contributed by atoms with Crippen LogP contribution >= 0.6 is 0 Å². The smallest absolute Gasteiger partial charge is 0.328 e. The van der Waals surface area contributed by atoms with Crippen molar-refractivity contribution < 1.29 is 47.8 Å². The van der Waals surface area contributed by atoms with Crippen molar-refractivity contribution in [3.8, 4) is 28.0 Å². The van der Waals surface area contributed by atoms with Crippen LogP contribution in [0.15, 0.2) is 115 Å². The fraction of sp³-hybridized carbons (Fsp3) is 0.422. The molecule has 0 unspecified atom stereocenters. The summed E-state index contributed by atoms with van der Waals surface area (Å²) in [5.41, 5.74) is 8.18. The predicted octanol–water partition coefficient (Wildman–Crippen LogP) is 10.8. The van der Waals surface area contributed by atoms with Crippen LogP contribution in [0.1, 0.15) is 130 Å². The molecule has 1 aliphatic heterocycles. The Kier molecular flexibility index (Phi) is 22.0. The number of benzene rings is 5.